The summed E-state index contributed by atoms with van der Waals surface area (Å²) in [7, 11) is 0. The van der Waals surface area contributed by atoms with Crippen LogP contribution in [0.2, 0.25) is 0 Å². The molecule has 5 nitrogen and oxygen atoms in total. The maximum absolute atomic E-state index is 13.0. The number of hydrogen-bond donors (Lipinski definition) is 1. The zero-order chi connectivity index (χ0) is 16.6. The topological polar surface area (TPSA) is 56.4 Å². The molecule has 1 fully saturated rings. The van der Waals surface area contributed by atoms with Crippen LogP contribution in [0.4, 0.5) is 0 Å². The zero-order valence-corrected chi connectivity index (χ0v) is 13.9. The molecule has 0 aliphatic carbocycles. The average molecular weight is 313 g/mol. The molecule has 122 valence electrons. The standard InChI is InChI=1S/C18H23N3O2/c1-12-17(15-6-4-5-7-16(15)19-12)18(23)13(2)20-8-10-21(11-9-20)14(3)22/h4-7,13,19H,8-11H2,1-3H3/t13-/m1/s1. The van der Waals surface area contributed by atoms with Crippen LogP contribution in [-0.4, -0.2) is 58.7 Å². The summed E-state index contributed by atoms with van der Waals surface area (Å²) in [5, 5.41) is 0.990. The Labute approximate surface area is 136 Å². The number of rotatable bonds is 3. The van der Waals surface area contributed by atoms with Gasteiger partial charge in [0.15, 0.2) is 5.78 Å². The second kappa shape index (κ2) is 6.16. The minimum atomic E-state index is -0.179. The maximum atomic E-state index is 13.0. The quantitative estimate of drug-likeness (QED) is 0.884. The fraction of sp³-hybridized carbons (Fsp3) is 0.444. The number of nitrogens with one attached hydrogen (secondary N) is 1. The SMILES string of the molecule is CC(=O)N1CCN([C@H](C)C(=O)c2c(C)[nH]c3ccccc23)CC1. The largest absolute Gasteiger partial charge is 0.358 e. The van der Waals surface area contributed by atoms with E-state index in [2.05, 4.69) is 9.88 Å². The first-order valence-electron chi connectivity index (χ1n) is 8.10. The van der Waals surface area contributed by atoms with Crippen molar-refractivity contribution in [1.29, 1.82) is 0 Å². The van der Waals surface area contributed by atoms with Gasteiger partial charge < -0.3 is 9.88 Å². The highest BCUT2D eigenvalue weighted by atomic mass is 16.2. The molecule has 1 aromatic carbocycles. The van der Waals surface area contributed by atoms with Crippen molar-refractivity contribution in [2.45, 2.75) is 26.8 Å². The maximum Gasteiger partial charge on any atom is 0.219 e. The molecule has 0 spiro atoms. The van der Waals surface area contributed by atoms with Crippen molar-refractivity contribution in [3.63, 3.8) is 0 Å². The molecule has 2 aromatic rings. The zero-order valence-electron chi connectivity index (χ0n) is 13.9. The van der Waals surface area contributed by atoms with E-state index in [-0.39, 0.29) is 17.7 Å². The molecule has 1 aliphatic rings. The van der Waals surface area contributed by atoms with Crippen LogP contribution < -0.4 is 0 Å². The van der Waals surface area contributed by atoms with Crippen molar-refractivity contribution in [2.75, 3.05) is 26.2 Å². The average Bonchev–Trinajstić information content (AvgIpc) is 2.89. The number of aryl methyl sites for hydroxylation is 1. The Bertz CT molecular complexity index is 742. The minimum Gasteiger partial charge on any atom is -0.358 e. The molecule has 1 aliphatic heterocycles. The van der Waals surface area contributed by atoms with Gasteiger partial charge in [0.05, 0.1) is 6.04 Å². The van der Waals surface area contributed by atoms with E-state index in [0.29, 0.717) is 13.1 Å². The number of nitrogens with zero attached hydrogens (tertiary/aromatic N) is 2. The lowest BCUT2D eigenvalue weighted by Gasteiger charge is -2.37. The summed E-state index contributed by atoms with van der Waals surface area (Å²) in [6, 6.07) is 7.74. The molecule has 3 rings (SSSR count). The molecular formula is C18H23N3O2. The lowest BCUT2D eigenvalue weighted by atomic mass is 10.0. The van der Waals surface area contributed by atoms with Gasteiger partial charge in [0.1, 0.15) is 0 Å². The van der Waals surface area contributed by atoms with Crippen LogP contribution in [0.25, 0.3) is 10.9 Å². The fourth-order valence-electron chi connectivity index (χ4n) is 3.39. The number of carbonyl (C=O) groups excluding carboxylic acids is 2. The Morgan fingerprint density at radius 1 is 1.13 bits per heavy atom. The monoisotopic (exact) mass is 313 g/mol. The lowest BCUT2D eigenvalue weighted by Crippen LogP contribution is -2.52. The van der Waals surface area contributed by atoms with Gasteiger partial charge in [0, 0.05) is 55.3 Å². The Morgan fingerprint density at radius 2 is 1.78 bits per heavy atom. The Kier molecular flexibility index (Phi) is 4.22. The predicted molar refractivity (Wildman–Crippen MR) is 90.7 cm³/mol. The molecule has 1 atom stereocenters. The van der Waals surface area contributed by atoms with Crippen LogP contribution in [0.1, 0.15) is 29.9 Å². The minimum absolute atomic E-state index is 0.108. The number of benzene rings is 1. The van der Waals surface area contributed by atoms with E-state index in [1.165, 1.54) is 0 Å². The smallest absolute Gasteiger partial charge is 0.219 e. The van der Waals surface area contributed by atoms with Crippen LogP contribution in [0.3, 0.4) is 0 Å². The van der Waals surface area contributed by atoms with Crippen molar-refractivity contribution >= 4 is 22.6 Å². The number of hydrogen-bond acceptors (Lipinski definition) is 3. The number of H-pyrrole nitrogens is 1. The van der Waals surface area contributed by atoms with Crippen molar-refractivity contribution < 1.29 is 9.59 Å². The van der Waals surface area contributed by atoms with Gasteiger partial charge in [0.25, 0.3) is 0 Å². The number of aromatic amines is 1. The van der Waals surface area contributed by atoms with Gasteiger partial charge in [-0.2, -0.15) is 0 Å². The summed E-state index contributed by atoms with van der Waals surface area (Å²) >= 11 is 0. The molecule has 1 amide bonds. The molecule has 5 heteroatoms. The number of ketones is 1. The van der Waals surface area contributed by atoms with Gasteiger partial charge in [0.2, 0.25) is 5.91 Å². The van der Waals surface area contributed by atoms with E-state index in [9.17, 15) is 9.59 Å². The first-order chi connectivity index (χ1) is 11.0. The van der Waals surface area contributed by atoms with E-state index in [1.807, 2.05) is 43.0 Å². The number of fused-ring (bicyclic) bond motifs is 1. The van der Waals surface area contributed by atoms with Gasteiger partial charge in [-0.1, -0.05) is 18.2 Å². The summed E-state index contributed by atoms with van der Waals surface area (Å²) in [6.07, 6.45) is 0. The molecular weight excluding hydrogens is 290 g/mol. The van der Waals surface area contributed by atoms with Crippen LogP contribution in [-0.2, 0) is 4.79 Å². The highest BCUT2D eigenvalue weighted by Crippen LogP contribution is 2.24. The Hall–Kier alpha value is -2.14. The van der Waals surface area contributed by atoms with Crippen molar-refractivity contribution in [3.8, 4) is 0 Å². The number of Topliss-reactive ketones (excluding diaryl/α,β-unsaturated/α-hetero) is 1. The normalized spacial score (nSPS) is 17.4. The molecule has 0 saturated carbocycles. The van der Waals surface area contributed by atoms with Crippen molar-refractivity contribution in [3.05, 3.63) is 35.5 Å². The van der Waals surface area contributed by atoms with Gasteiger partial charge in [-0.3, -0.25) is 14.5 Å². The second-order valence-corrected chi connectivity index (χ2v) is 6.25. The first kappa shape index (κ1) is 15.7. The Morgan fingerprint density at radius 3 is 2.43 bits per heavy atom. The molecule has 0 unspecified atom stereocenters. The lowest BCUT2D eigenvalue weighted by molar-refractivity contribution is -0.130. The summed E-state index contributed by atoms with van der Waals surface area (Å²) in [5.74, 6) is 0.257. The summed E-state index contributed by atoms with van der Waals surface area (Å²) in [4.78, 5) is 31.7. The molecule has 2 heterocycles. The molecule has 0 radical (unpaired) electrons. The molecule has 1 N–H and O–H groups in total. The predicted octanol–water partition coefficient (Wildman–Crippen LogP) is 2.21. The number of carbonyl (C=O) groups is 2. The van der Waals surface area contributed by atoms with E-state index in [0.717, 1.165) is 35.2 Å². The molecule has 0 bridgehead atoms. The first-order valence-corrected chi connectivity index (χ1v) is 8.10. The summed E-state index contributed by atoms with van der Waals surface area (Å²) in [5.41, 5.74) is 2.72. The van der Waals surface area contributed by atoms with Crippen LogP contribution >= 0.6 is 0 Å². The molecule has 1 aromatic heterocycles. The van der Waals surface area contributed by atoms with E-state index in [4.69, 9.17) is 0 Å². The molecule has 1 saturated heterocycles. The number of amides is 1. The summed E-state index contributed by atoms with van der Waals surface area (Å²) < 4.78 is 0. The number of aromatic nitrogens is 1. The van der Waals surface area contributed by atoms with Crippen LogP contribution in [0.15, 0.2) is 24.3 Å². The second-order valence-electron chi connectivity index (χ2n) is 6.25. The van der Waals surface area contributed by atoms with Crippen LogP contribution in [0, 0.1) is 6.92 Å². The van der Waals surface area contributed by atoms with Gasteiger partial charge in [-0.05, 0) is 19.9 Å². The third kappa shape index (κ3) is 2.88. The van der Waals surface area contributed by atoms with Crippen LogP contribution in [0.5, 0.6) is 0 Å². The van der Waals surface area contributed by atoms with Crippen molar-refractivity contribution in [2.24, 2.45) is 0 Å². The highest BCUT2D eigenvalue weighted by Gasteiger charge is 2.29. The number of piperazine rings is 1. The molecule has 23 heavy (non-hydrogen) atoms. The van der Waals surface area contributed by atoms with Gasteiger partial charge >= 0.3 is 0 Å². The van der Waals surface area contributed by atoms with E-state index >= 15 is 0 Å². The highest BCUT2D eigenvalue weighted by molar-refractivity contribution is 6.11. The van der Waals surface area contributed by atoms with Gasteiger partial charge in [-0.15, -0.1) is 0 Å². The van der Waals surface area contributed by atoms with Gasteiger partial charge in [-0.25, -0.2) is 0 Å². The third-order valence-corrected chi connectivity index (χ3v) is 4.83. The summed E-state index contributed by atoms with van der Waals surface area (Å²) in [6.45, 7) is 8.39. The number of para-hydroxylation sites is 1. The van der Waals surface area contributed by atoms with E-state index < -0.39 is 0 Å². The fourth-order valence-corrected chi connectivity index (χ4v) is 3.39. The van der Waals surface area contributed by atoms with E-state index in [1.54, 1.807) is 6.92 Å². The third-order valence-electron chi connectivity index (χ3n) is 4.83. The van der Waals surface area contributed by atoms with Crippen molar-refractivity contribution in [1.82, 2.24) is 14.8 Å². The Balaban J connectivity index is 1.80.